The molecule has 33 heavy (non-hydrogen) atoms. The summed E-state index contributed by atoms with van der Waals surface area (Å²) in [5.41, 5.74) is 2.56. The first-order valence-electron chi connectivity index (χ1n) is 11.3. The maximum absolute atomic E-state index is 11.3. The number of likely N-dealkylation sites (tertiary alicyclic amines) is 1. The van der Waals surface area contributed by atoms with Gasteiger partial charge in [-0.05, 0) is 73.8 Å². The molecular weight excluding hydrogens is 418 g/mol. The molecule has 0 bridgehead atoms. The van der Waals surface area contributed by atoms with Gasteiger partial charge in [0.15, 0.2) is 0 Å². The molecule has 1 aromatic carbocycles. The van der Waals surface area contributed by atoms with Crippen LogP contribution in [-0.2, 0) is 6.54 Å². The highest BCUT2D eigenvalue weighted by molar-refractivity contribution is 5.90. The second kappa shape index (κ2) is 9.50. The third-order valence-electron chi connectivity index (χ3n) is 6.38. The largest absolute Gasteiger partial charge is 0.491 e. The number of aromatic carboxylic acids is 1. The molecule has 1 N–H and O–H groups in total. The Morgan fingerprint density at radius 3 is 2.76 bits per heavy atom. The smallest absolute Gasteiger partial charge is 0.339 e. The van der Waals surface area contributed by atoms with Crippen molar-refractivity contribution in [3.8, 4) is 5.75 Å². The van der Waals surface area contributed by atoms with Crippen molar-refractivity contribution in [1.82, 2.24) is 14.5 Å². The van der Waals surface area contributed by atoms with Crippen molar-refractivity contribution in [2.45, 2.75) is 25.3 Å². The molecule has 170 valence electrons. The zero-order chi connectivity index (χ0) is 22.6. The number of rotatable bonds is 8. The molecule has 0 saturated carbocycles. The Balaban J connectivity index is 1.21. The van der Waals surface area contributed by atoms with Crippen molar-refractivity contribution < 1.29 is 19.1 Å². The Hall–Kier alpha value is -3.58. The average Bonchev–Trinajstić information content (AvgIpc) is 3.48. The van der Waals surface area contributed by atoms with Crippen molar-refractivity contribution in [1.29, 1.82) is 0 Å². The summed E-state index contributed by atoms with van der Waals surface area (Å²) in [4.78, 5) is 18.4. The molecule has 3 aromatic heterocycles. The van der Waals surface area contributed by atoms with E-state index in [9.17, 15) is 9.90 Å². The molecule has 0 unspecified atom stereocenters. The number of para-hydroxylation sites is 1. The van der Waals surface area contributed by atoms with Crippen LogP contribution in [0.4, 0.5) is 0 Å². The molecule has 7 heteroatoms. The fraction of sp³-hybridized carbons (Fsp3) is 0.308. The van der Waals surface area contributed by atoms with E-state index in [1.165, 1.54) is 10.9 Å². The summed E-state index contributed by atoms with van der Waals surface area (Å²) >= 11 is 0. The van der Waals surface area contributed by atoms with Gasteiger partial charge in [-0.25, -0.2) is 9.78 Å². The van der Waals surface area contributed by atoms with Crippen LogP contribution in [0.1, 0.15) is 40.4 Å². The van der Waals surface area contributed by atoms with Crippen molar-refractivity contribution in [3.63, 3.8) is 0 Å². The minimum absolute atomic E-state index is 0.204. The standard InChI is InChI=1S/C26H27N3O4/c30-26(31)22-6-1-2-8-24(22)33-16-14-28-12-9-19(10-13-28)23-18-29(17-20-5-4-15-32-20)25-21(23)7-3-11-27-25/h1-8,11,15,18-19H,9-10,12-14,16-17H2,(H,30,31). The van der Waals surface area contributed by atoms with Crippen molar-refractivity contribution in [3.05, 3.63) is 84.1 Å². The number of benzene rings is 1. The predicted molar refractivity (Wildman–Crippen MR) is 125 cm³/mol. The number of furan rings is 1. The van der Waals surface area contributed by atoms with Gasteiger partial charge in [-0.3, -0.25) is 4.90 Å². The second-order valence-corrected chi connectivity index (χ2v) is 8.43. The highest BCUT2D eigenvalue weighted by atomic mass is 16.5. The molecule has 1 saturated heterocycles. The number of hydrogen-bond donors (Lipinski definition) is 1. The second-order valence-electron chi connectivity index (χ2n) is 8.43. The van der Waals surface area contributed by atoms with Crippen LogP contribution in [0.2, 0.25) is 0 Å². The number of pyridine rings is 1. The molecular formula is C26H27N3O4. The lowest BCUT2D eigenvalue weighted by molar-refractivity contribution is 0.0691. The number of ether oxygens (including phenoxy) is 1. The topological polar surface area (TPSA) is 80.7 Å². The van der Waals surface area contributed by atoms with Crippen LogP contribution in [0.25, 0.3) is 11.0 Å². The average molecular weight is 446 g/mol. The Morgan fingerprint density at radius 2 is 1.97 bits per heavy atom. The Kier molecular flexibility index (Phi) is 6.13. The van der Waals surface area contributed by atoms with E-state index in [0.717, 1.165) is 43.9 Å². The zero-order valence-corrected chi connectivity index (χ0v) is 18.4. The van der Waals surface area contributed by atoms with Gasteiger partial charge < -0.3 is 18.8 Å². The summed E-state index contributed by atoms with van der Waals surface area (Å²) in [6.45, 7) is 3.90. The summed E-state index contributed by atoms with van der Waals surface area (Å²) in [5, 5.41) is 10.5. The summed E-state index contributed by atoms with van der Waals surface area (Å²) in [6, 6.07) is 14.9. The fourth-order valence-corrected chi connectivity index (χ4v) is 4.69. The molecule has 5 rings (SSSR count). The summed E-state index contributed by atoms with van der Waals surface area (Å²) < 4.78 is 13.5. The monoisotopic (exact) mass is 445 g/mol. The van der Waals surface area contributed by atoms with Gasteiger partial charge in [-0.1, -0.05) is 12.1 Å². The lowest BCUT2D eigenvalue weighted by Crippen LogP contribution is -2.35. The highest BCUT2D eigenvalue weighted by Gasteiger charge is 2.24. The third-order valence-corrected chi connectivity index (χ3v) is 6.38. The van der Waals surface area contributed by atoms with Gasteiger partial charge >= 0.3 is 5.97 Å². The van der Waals surface area contributed by atoms with Gasteiger partial charge in [0.1, 0.15) is 29.3 Å². The minimum Gasteiger partial charge on any atom is -0.491 e. The van der Waals surface area contributed by atoms with E-state index in [0.29, 0.717) is 24.8 Å². The highest BCUT2D eigenvalue weighted by Crippen LogP contribution is 2.34. The first-order chi connectivity index (χ1) is 16.2. The van der Waals surface area contributed by atoms with E-state index in [1.54, 1.807) is 30.5 Å². The maximum Gasteiger partial charge on any atom is 0.339 e. The van der Waals surface area contributed by atoms with Crippen molar-refractivity contribution >= 4 is 17.0 Å². The SMILES string of the molecule is O=C(O)c1ccccc1OCCN1CCC(c2cn(Cc3ccco3)c3ncccc23)CC1. The molecule has 4 heterocycles. The van der Waals surface area contributed by atoms with Gasteiger partial charge in [0.25, 0.3) is 0 Å². The Bertz CT molecular complexity index is 1220. The number of hydrogen-bond acceptors (Lipinski definition) is 5. The lowest BCUT2D eigenvalue weighted by atomic mass is 9.89. The quantitative estimate of drug-likeness (QED) is 0.426. The molecule has 1 aliphatic heterocycles. The molecule has 0 aliphatic carbocycles. The summed E-state index contributed by atoms with van der Waals surface area (Å²) in [5.74, 6) is 0.867. The number of piperidine rings is 1. The molecule has 1 aliphatic rings. The maximum atomic E-state index is 11.3. The van der Waals surface area contributed by atoms with Crippen LogP contribution < -0.4 is 4.74 Å². The predicted octanol–water partition coefficient (Wildman–Crippen LogP) is 4.63. The van der Waals surface area contributed by atoms with Crippen LogP contribution in [0, 0.1) is 0 Å². The number of fused-ring (bicyclic) bond motifs is 1. The van der Waals surface area contributed by atoms with Gasteiger partial charge in [-0.15, -0.1) is 0 Å². The van der Waals surface area contributed by atoms with E-state index in [2.05, 4.69) is 26.7 Å². The van der Waals surface area contributed by atoms with E-state index in [4.69, 9.17) is 9.15 Å². The van der Waals surface area contributed by atoms with Crippen LogP contribution in [-0.4, -0.2) is 51.8 Å². The molecule has 0 spiro atoms. The van der Waals surface area contributed by atoms with E-state index < -0.39 is 5.97 Å². The van der Waals surface area contributed by atoms with Gasteiger partial charge in [0.2, 0.25) is 0 Å². The van der Waals surface area contributed by atoms with Crippen molar-refractivity contribution in [2.24, 2.45) is 0 Å². The fourth-order valence-electron chi connectivity index (χ4n) is 4.69. The molecule has 4 aromatic rings. The van der Waals surface area contributed by atoms with Gasteiger partial charge in [0.05, 0.1) is 12.8 Å². The van der Waals surface area contributed by atoms with E-state index in [1.807, 2.05) is 24.4 Å². The first kappa shape index (κ1) is 21.3. The molecule has 7 nitrogen and oxygen atoms in total. The molecule has 0 radical (unpaired) electrons. The number of carboxylic acid groups (broad SMARTS) is 1. The number of carbonyl (C=O) groups is 1. The molecule has 0 atom stereocenters. The molecule has 0 amide bonds. The van der Waals surface area contributed by atoms with Crippen LogP contribution >= 0.6 is 0 Å². The minimum atomic E-state index is -0.966. The van der Waals surface area contributed by atoms with E-state index >= 15 is 0 Å². The van der Waals surface area contributed by atoms with E-state index in [-0.39, 0.29) is 5.56 Å². The first-order valence-corrected chi connectivity index (χ1v) is 11.3. The van der Waals surface area contributed by atoms with Crippen LogP contribution in [0.15, 0.2) is 71.6 Å². The van der Waals surface area contributed by atoms with Gasteiger partial charge in [-0.2, -0.15) is 0 Å². The number of aromatic nitrogens is 2. The number of nitrogens with zero attached hydrogens (tertiary/aromatic N) is 3. The normalized spacial score (nSPS) is 15.2. The number of carboxylic acids is 1. The van der Waals surface area contributed by atoms with Crippen LogP contribution in [0.5, 0.6) is 5.75 Å². The van der Waals surface area contributed by atoms with Crippen molar-refractivity contribution in [2.75, 3.05) is 26.2 Å². The van der Waals surface area contributed by atoms with Gasteiger partial charge in [0, 0.05) is 24.3 Å². The summed E-state index contributed by atoms with van der Waals surface area (Å²) in [6.07, 6.45) is 7.93. The van der Waals surface area contributed by atoms with Crippen LogP contribution in [0.3, 0.4) is 0 Å². The molecule has 1 fully saturated rings. The third kappa shape index (κ3) is 4.64. The Morgan fingerprint density at radius 1 is 1.12 bits per heavy atom. The zero-order valence-electron chi connectivity index (χ0n) is 18.4. The Labute approximate surface area is 192 Å². The summed E-state index contributed by atoms with van der Waals surface area (Å²) in [7, 11) is 0. The lowest BCUT2D eigenvalue weighted by Gasteiger charge is -2.31.